The third-order valence-corrected chi connectivity index (χ3v) is 4.13. The molecule has 27 heavy (non-hydrogen) atoms. The fourth-order valence-corrected chi connectivity index (χ4v) is 2.85. The van der Waals surface area contributed by atoms with E-state index in [1.54, 1.807) is 36.5 Å². The van der Waals surface area contributed by atoms with Crippen LogP contribution in [0.1, 0.15) is 22.8 Å². The molecule has 0 fully saturated rings. The number of carbonyl (C=O) groups excluding carboxylic acids is 1. The van der Waals surface area contributed by atoms with Gasteiger partial charge in [-0.1, -0.05) is 0 Å². The van der Waals surface area contributed by atoms with Crippen molar-refractivity contribution in [3.63, 3.8) is 0 Å². The van der Waals surface area contributed by atoms with Crippen LogP contribution in [0.25, 0.3) is 10.9 Å². The van der Waals surface area contributed by atoms with Gasteiger partial charge >= 0.3 is 0 Å². The fourth-order valence-electron chi connectivity index (χ4n) is 2.85. The minimum Gasteiger partial charge on any atom is -0.494 e. The standard InChI is InChI=1S/C20H21N3O4/c1-2-27-17-5-6-18-15(11-17)10-16(19(25)22-18)13-23(8-9-24)20(26)14-4-3-7-21-12-14/h3-7,10-12,24H,2,8-9,13H2,1H3,(H,22,25). The van der Waals surface area contributed by atoms with Crippen molar-refractivity contribution in [1.82, 2.24) is 14.9 Å². The number of fused-ring (bicyclic) bond motifs is 1. The molecule has 1 amide bonds. The quantitative estimate of drug-likeness (QED) is 0.666. The van der Waals surface area contributed by atoms with E-state index in [0.717, 1.165) is 5.39 Å². The first kappa shape index (κ1) is 18.6. The lowest BCUT2D eigenvalue weighted by Crippen LogP contribution is -2.35. The maximum atomic E-state index is 12.7. The Kier molecular flexibility index (Phi) is 5.83. The summed E-state index contributed by atoms with van der Waals surface area (Å²) in [6.07, 6.45) is 3.04. The van der Waals surface area contributed by atoms with Crippen molar-refractivity contribution >= 4 is 16.8 Å². The number of aromatic nitrogens is 2. The van der Waals surface area contributed by atoms with Crippen molar-refractivity contribution in [3.05, 3.63) is 70.3 Å². The topological polar surface area (TPSA) is 95.5 Å². The van der Waals surface area contributed by atoms with Crippen LogP contribution < -0.4 is 10.3 Å². The Hall–Kier alpha value is -3.19. The number of pyridine rings is 2. The zero-order valence-corrected chi connectivity index (χ0v) is 15.0. The molecular weight excluding hydrogens is 346 g/mol. The zero-order valence-electron chi connectivity index (χ0n) is 15.0. The lowest BCUT2D eigenvalue weighted by atomic mass is 10.1. The molecule has 0 spiro atoms. The van der Waals surface area contributed by atoms with E-state index in [4.69, 9.17) is 4.74 Å². The predicted molar refractivity (Wildman–Crippen MR) is 102 cm³/mol. The van der Waals surface area contributed by atoms with Crippen molar-refractivity contribution in [3.8, 4) is 5.75 Å². The van der Waals surface area contributed by atoms with Gasteiger partial charge in [-0.3, -0.25) is 14.6 Å². The molecule has 1 aromatic carbocycles. The largest absolute Gasteiger partial charge is 0.494 e. The van der Waals surface area contributed by atoms with Crippen molar-refractivity contribution in [2.45, 2.75) is 13.5 Å². The maximum absolute atomic E-state index is 12.7. The number of amides is 1. The number of rotatable bonds is 7. The highest BCUT2D eigenvalue weighted by Crippen LogP contribution is 2.20. The summed E-state index contributed by atoms with van der Waals surface area (Å²) in [5.41, 5.74) is 1.26. The van der Waals surface area contributed by atoms with Crippen molar-refractivity contribution in [1.29, 1.82) is 0 Å². The van der Waals surface area contributed by atoms with Crippen molar-refractivity contribution < 1.29 is 14.6 Å². The Morgan fingerprint density at radius 3 is 2.85 bits per heavy atom. The molecule has 0 aliphatic carbocycles. The summed E-state index contributed by atoms with van der Waals surface area (Å²) in [7, 11) is 0. The second-order valence-corrected chi connectivity index (χ2v) is 6.00. The van der Waals surface area contributed by atoms with E-state index < -0.39 is 0 Å². The van der Waals surface area contributed by atoms with E-state index >= 15 is 0 Å². The average molecular weight is 367 g/mol. The average Bonchev–Trinajstić information content (AvgIpc) is 2.68. The molecule has 7 nitrogen and oxygen atoms in total. The lowest BCUT2D eigenvalue weighted by Gasteiger charge is -2.21. The number of benzene rings is 1. The van der Waals surface area contributed by atoms with Crippen LogP contribution in [-0.4, -0.2) is 45.6 Å². The number of hydrogen-bond donors (Lipinski definition) is 2. The second-order valence-electron chi connectivity index (χ2n) is 6.00. The van der Waals surface area contributed by atoms with Gasteiger partial charge in [-0.2, -0.15) is 0 Å². The molecule has 2 N–H and O–H groups in total. The molecule has 0 saturated heterocycles. The number of aromatic amines is 1. The molecule has 3 aromatic rings. The number of ether oxygens (including phenoxy) is 1. The van der Waals surface area contributed by atoms with E-state index in [2.05, 4.69) is 9.97 Å². The minimum absolute atomic E-state index is 0.0818. The minimum atomic E-state index is -0.292. The van der Waals surface area contributed by atoms with E-state index in [-0.39, 0.29) is 31.2 Å². The number of nitrogens with one attached hydrogen (secondary N) is 1. The third-order valence-electron chi connectivity index (χ3n) is 4.13. The summed E-state index contributed by atoms with van der Waals surface area (Å²) in [5.74, 6) is 0.418. The normalized spacial score (nSPS) is 10.7. The summed E-state index contributed by atoms with van der Waals surface area (Å²) in [6.45, 7) is 2.44. The molecule has 0 aliphatic rings. The monoisotopic (exact) mass is 367 g/mol. The smallest absolute Gasteiger partial charge is 0.255 e. The maximum Gasteiger partial charge on any atom is 0.255 e. The van der Waals surface area contributed by atoms with Gasteiger partial charge in [0, 0.05) is 35.4 Å². The van der Waals surface area contributed by atoms with Crippen LogP contribution in [0.15, 0.2) is 53.6 Å². The first-order chi connectivity index (χ1) is 13.1. The number of aliphatic hydroxyl groups excluding tert-OH is 1. The van der Waals surface area contributed by atoms with Crippen LogP contribution in [0.3, 0.4) is 0 Å². The Bertz CT molecular complexity index is 985. The molecule has 0 unspecified atom stereocenters. The van der Waals surface area contributed by atoms with E-state index in [1.807, 2.05) is 13.0 Å². The zero-order chi connectivity index (χ0) is 19.2. The Balaban J connectivity index is 1.93. The van der Waals surface area contributed by atoms with Crippen LogP contribution in [0, 0.1) is 0 Å². The van der Waals surface area contributed by atoms with Gasteiger partial charge in [-0.05, 0) is 43.3 Å². The summed E-state index contributed by atoms with van der Waals surface area (Å²) in [4.78, 5) is 33.3. The van der Waals surface area contributed by atoms with Gasteiger partial charge < -0.3 is 19.7 Å². The van der Waals surface area contributed by atoms with Gasteiger partial charge in [0.1, 0.15) is 5.75 Å². The van der Waals surface area contributed by atoms with Crippen LogP contribution in [0.2, 0.25) is 0 Å². The van der Waals surface area contributed by atoms with Crippen molar-refractivity contribution in [2.75, 3.05) is 19.8 Å². The highest BCUT2D eigenvalue weighted by Gasteiger charge is 2.17. The Morgan fingerprint density at radius 2 is 2.15 bits per heavy atom. The van der Waals surface area contributed by atoms with E-state index in [9.17, 15) is 14.7 Å². The lowest BCUT2D eigenvalue weighted by molar-refractivity contribution is 0.0707. The molecule has 0 bridgehead atoms. The number of hydrogen-bond acceptors (Lipinski definition) is 5. The molecule has 2 heterocycles. The number of H-pyrrole nitrogens is 1. The van der Waals surface area contributed by atoms with Crippen molar-refractivity contribution in [2.24, 2.45) is 0 Å². The van der Waals surface area contributed by atoms with Crippen LogP contribution >= 0.6 is 0 Å². The molecule has 140 valence electrons. The molecule has 7 heteroatoms. The summed E-state index contributed by atoms with van der Waals surface area (Å²) in [5, 5.41) is 10.1. The number of aliphatic hydroxyl groups is 1. The number of nitrogens with zero attached hydrogens (tertiary/aromatic N) is 2. The highest BCUT2D eigenvalue weighted by atomic mass is 16.5. The number of carbonyl (C=O) groups is 1. The summed E-state index contributed by atoms with van der Waals surface area (Å²) in [6, 6.07) is 10.5. The molecule has 0 atom stereocenters. The van der Waals surface area contributed by atoms with E-state index in [0.29, 0.717) is 29.0 Å². The van der Waals surface area contributed by atoms with Gasteiger partial charge in [0.2, 0.25) is 0 Å². The summed E-state index contributed by atoms with van der Waals surface area (Å²) >= 11 is 0. The Morgan fingerprint density at radius 1 is 1.30 bits per heavy atom. The molecule has 0 aliphatic heterocycles. The molecule has 0 saturated carbocycles. The predicted octanol–water partition coefficient (Wildman–Crippen LogP) is 1.96. The summed E-state index contributed by atoms with van der Waals surface area (Å²) < 4.78 is 5.50. The SMILES string of the molecule is CCOc1ccc2[nH]c(=O)c(CN(CCO)C(=O)c3cccnc3)cc2c1. The van der Waals surface area contributed by atoms with Crippen LogP contribution in [-0.2, 0) is 6.54 Å². The third kappa shape index (κ3) is 4.32. The first-order valence-electron chi connectivity index (χ1n) is 8.71. The van der Waals surface area contributed by atoms with Gasteiger partial charge in [0.25, 0.3) is 11.5 Å². The molecule has 0 radical (unpaired) electrons. The van der Waals surface area contributed by atoms with Gasteiger partial charge in [-0.25, -0.2) is 0 Å². The van der Waals surface area contributed by atoms with E-state index in [1.165, 1.54) is 11.1 Å². The fraction of sp³-hybridized carbons (Fsp3) is 0.250. The second kappa shape index (κ2) is 8.46. The van der Waals surface area contributed by atoms with Gasteiger partial charge in [0.15, 0.2) is 0 Å². The van der Waals surface area contributed by atoms with Gasteiger partial charge in [0.05, 0.1) is 25.3 Å². The molecule has 2 aromatic heterocycles. The Labute approximate surface area is 156 Å². The first-order valence-corrected chi connectivity index (χ1v) is 8.71. The van der Waals surface area contributed by atoms with Crippen LogP contribution in [0.4, 0.5) is 0 Å². The molecular formula is C20H21N3O4. The highest BCUT2D eigenvalue weighted by molar-refractivity contribution is 5.94. The van der Waals surface area contributed by atoms with Gasteiger partial charge in [-0.15, -0.1) is 0 Å². The van der Waals surface area contributed by atoms with Crippen LogP contribution in [0.5, 0.6) is 5.75 Å². The molecule has 3 rings (SSSR count).